The van der Waals surface area contributed by atoms with Gasteiger partial charge in [-0.25, -0.2) is 14.6 Å². The van der Waals surface area contributed by atoms with Crippen molar-refractivity contribution in [1.29, 1.82) is 5.26 Å². The Labute approximate surface area is 145 Å². The van der Waals surface area contributed by atoms with Crippen LogP contribution in [0.4, 0.5) is 15.4 Å². The number of carbonyl (C=O) groups excluding carboxylic acids is 2. The van der Waals surface area contributed by atoms with Gasteiger partial charge < -0.3 is 15.4 Å². The summed E-state index contributed by atoms with van der Waals surface area (Å²) in [7, 11) is 0. The third-order valence-electron chi connectivity index (χ3n) is 3.30. The van der Waals surface area contributed by atoms with E-state index in [-0.39, 0.29) is 25.6 Å². The van der Waals surface area contributed by atoms with Crippen LogP contribution in [0.3, 0.4) is 0 Å². The molecule has 0 saturated heterocycles. The van der Waals surface area contributed by atoms with Crippen molar-refractivity contribution in [2.45, 2.75) is 19.9 Å². The Morgan fingerprint density at radius 1 is 1.32 bits per heavy atom. The summed E-state index contributed by atoms with van der Waals surface area (Å²) in [6.07, 6.45) is 1.23. The summed E-state index contributed by atoms with van der Waals surface area (Å²) < 4.78 is 4.86. The van der Waals surface area contributed by atoms with Crippen molar-refractivity contribution < 1.29 is 14.3 Å². The van der Waals surface area contributed by atoms with Gasteiger partial charge in [0, 0.05) is 24.7 Å². The molecule has 130 valence electrons. The first-order chi connectivity index (χ1) is 12.1. The highest BCUT2D eigenvalue weighted by Gasteiger charge is 2.07. The summed E-state index contributed by atoms with van der Waals surface area (Å²) >= 11 is 0. The van der Waals surface area contributed by atoms with Crippen LogP contribution in [0.15, 0.2) is 30.5 Å². The number of rotatable bonds is 6. The minimum atomic E-state index is -0.574. The SMILES string of the molecule is CCNC(=O)Nc1cc2cccc(CNC(=O)OCCC#N)c2cn1. The number of carbonyl (C=O) groups is 2. The van der Waals surface area contributed by atoms with E-state index in [1.807, 2.05) is 31.2 Å². The van der Waals surface area contributed by atoms with E-state index in [1.165, 1.54) is 0 Å². The van der Waals surface area contributed by atoms with Gasteiger partial charge in [0.2, 0.25) is 0 Å². The number of nitriles is 1. The number of benzene rings is 1. The molecule has 0 aliphatic rings. The number of alkyl carbamates (subject to hydrolysis) is 1. The van der Waals surface area contributed by atoms with Crippen LogP contribution in [-0.4, -0.2) is 30.3 Å². The molecule has 3 N–H and O–H groups in total. The molecule has 0 unspecified atom stereocenters. The molecule has 0 fully saturated rings. The number of pyridine rings is 1. The van der Waals surface area contributed by atoms with Gasteiger partial charge in [-0.3, -0.25) is 5.32 Å². The molecule has 0 spiro atoms. The Morgan fingerprint density at radius 3 is 2.92 bits per heavy atom. The molecule has 0 atom stereocenters. The van der Waals surface area contributed by atoms with Crippen molar-refractivity contribution in [1.82, 2.24) is 15.6 Å². The molecule has 1 heterocycles. The number of amides is 3. The minimum absolute atomic E-state index is 0.0638. The Kier molecular flexibility index (Phi) is 6.54. The first kappa shape index (κ1) is 18.0. The smallest absolute Gasteiger partial charge is 0.407 e. The maximum Gasteiger partial charge on any atom is 0.407 e. The van der Waals surface area contributed by atoms with E-state index in [4.69, 9.17) is 10.00 Å². The first-order valence-corrected chi connectivity index (χ1v) is 7.84. The topological polar surface area (TPSA) is 116 Å². The molecule has 25 heavy (non-hydrogen) atoms. The molecule has 2 rings (SSSR count). The highest BCUT2D eigenvalue weighted by molar-refractivity contribution is 5.92. The van der Waals surface area contributed by atoms with Crippen LogP contribution in [0.2, 0.25) is 0 Å². The van der Waals surface area contributed by atoms with E-state index in [0.29, 0.717) is 12.4 Å². The second kappa shape index (κ2) is 9.08. The Bertz CT molecular complexity index is 800. The molecule has 0 aliphatic carbocycles. The fraction of sp³-hybridized carbons (Fsp3) is 0.294. The Morgan fingerprint density at radius 2 is 2.16 bits per heavy atom. The number of anilines is 1. The number of hydrogen-bond acceptors (Lipinski definition) is 5. The van der Waals surface area contributed by atoms with Gasteiger partial charge in [-0.05, 0) is 23.9 Å². The van der Waals surface area contributed by atoms with Crippen LogP contribution in [0.1, 0.15) is 18.9 Å². The molecule has 8 nitrogen and oxygen atoms in total. The van der Waals surface area contributed by atoms with Gasteiger partial charge in [0.15, 0.2) is 0 Å². The van der Waals surface area contributed by atoms with Crippen molar-refractivity contribution in [3.05, 3.63) is 36.0 Å². The standard InChI is InChI=1S/C17H19N5O3/c1-2-19-16(23)22-15-9-12-5-3-6-13(14(12)11-20-15)10-21-17(24)25-8-4-7-18/h3,5-6,9,11H,2,4,8,10H2,1H3,(H,21,24)(H2,19,20,22,23). The van der Waals surface area contributed by atoms with Gasteiger partial charge in [0.25, 0.3) is 0 Å². The van der Waals surface area contributed by atoms with Gasteiger partial charge >= 0.3 is 12.1 Å². The molecule has 2 aromatic rings. The predicted molar refractivity (Wildman–Crippen MR) is 92.9 cm³/mol. The van der Waals surface area contributed by atoms with Crippen LogP contribution in [-0.2, 0) is 11.3 Å². The normalized spacial score (nSPS) is 9.92. The predicted octanol–water partition coefficient (Wildman–Crippen LogP) is 2.52. The lowest BCUT2D eigenvalue weighted by atomic mass is 10.1. The highest BCUT2D eigenvalue weighted by Crippen LogP contribution is 2.20. The van der Waals surface area contributed by atoms with E-state index in [2.05, 4.69) is 20.9 Å². The number of fused-ring (bicyclic) bond motifs is 1. The molecule has 1 aromatic carbocycles. The number of urea groups is 1. The maximum absolute atomic E-state index is 11.6. The summed E-state index contributed by atoms with van der Waals surface area (Å²) in [6.45, 7) is 2.69. The Hall–Kier alpha value is -3.34. The van der Waals surface area contributed by atoms with Crippen LogP contribution in [0, 0.1) is 11.3 Å². The molecule has 3 amide bonds. The first-order valence-electron chi connectivity index (χ1n) is 7.84. The van der Waals surface area contributed by atoms with E-state index < -0.39 is 6.09 Å². The molecule has 0 saturated carbocycles. The lowest BCUT2D eigenvalue weighted by Gasteiger charge is -2.10. The summed E-state index contributed by atoms with van der Waals surface area (Å²) in [5, 5.41) is 18.1. The summed E-state index contributed by atoms with van der Waals surface area (Å²) in [4.78, 5) is 27.3. The van der Waals surface area contributed by atoms with E-state index >= 15 is 0 Å². The second-order valence-electron chi connectivity index (χ2n) is 5.09. The van der Waals surface area contributed by atoms with Crippen molar-refractivity contribution >= 4 is 28.7 Å². The van der Waals surface area contributed by atoms with Crippen molar-refractivity contribution in [3.63, 3.8) is 0 Å². The molecule has 1 aromatic heterocycles. The fourth-order valence-electron chi connectivity index (χ4n) is 2.19. The monoisotopic (exact) mass is 341 g/mol. The third-order valence-corrected chi connectivity index (χ3v) is 3.30. The molecule has 0 radical (unpaired) electrons. The van der Waals surface area contributed by atoms with Gasteiger partial charge in [-0.15, -0.1) is 0 Å². The summed E-state index contributed by atoms with van der Waals surface area (Å²) in [5.41, 5.74) is 0.867. The zero-order valence-electron chi connectivity index (χ0n) is 13.8. The molecule has 8 heteroatoms. The van der Waals surface area contributed by atoms with Crippen LogP contribution in [0.25, 0.3) is 10.8 Å². The minimum Gasteiger partial charge on any atom is -0.448 e. The van der Waals surface area contributed by atoms with Crippen molar-refractivity contribution in [2.75, 3.05) is 18.5 Å². The number of aromatic nitrogens is 1. The van der Waals surface area contributed by atoms with Crippen LogP contribution in [0.5, 0.6) is 0 Å². The largest absolute Gasteiger partial charge is 0.448 e. The summed E-state index contributed by atoms with van der Waals surface area (Å²) in [6, 6.07) is 8.98. The van der Waals surface area contributed by atoms with Crippen molar-refractivity contribution in [3.8, 4) is 6.07 Å². The number of ether oxygens (including phenoxy) is 1. The van der Waals surface area contributed by atoms with Crippen LogP contribution >= 0.6 is 0 Å². The number of hydrogen-bond donors (Lipinski definition) is 3. The zero-order valence-corrected chi connectivity index (χ0v) is 13.8. The van der Waals surface area contributed by atoms with E-state index in [9.17, 15) is 9.59 Å². The van der Waals surface area contributed by atoms with Gasteiger partial charge in [-0.1, -0.05) is 18.2 Å². The molecule has 0 bridgehead atoms. The quantitative estimate of drug-likeness (QED) is 0.698. The molecular weight excluding hydrogens is 322 g/mol. The summed E-state index contributed by atoms with van der Waals surface area (Å²) in [5.74, 6) is 0.444. The fourth-order valence-corrected chi connectivity index (χ4v) is 2.19. The van der Waals surface area contributed by atoms with E-state index in [1.54, 1.807) is 12.3 Å². The lowest BCUT2D eigenvalue weighted by Crippen LogP contribution is -2.28. The maximum atomic E-state index is 11.6. The van der Waals surface area contributed by atoms with Gasteiger partial charge in [0.1, 0.15) is 12.4 Å². The average molecular weight is 341 g/mol. The third kappa shape index (κ3) is 5.35. The Balaban J connectivity index is 2.05. The molecular formula is C17H19N5O3. The van der Waals surface area contributed by atoms with Gasteiger partial charge in [0.05, 0.1) is 12.5 Å². The number of nitrogens with one attached hydrogen (secondary N) is 3. The van der Waals surface area contributed by atoms with E-state index in [0.717, 1.165) is 16.3 Å². The van der Waals surface area contributed by atoms with Crippen molar-refractivity contribution in [2.24, 2.45) is 0 Å². The lowest BCUT2D eigenvalue weighted by molar-refractivity contribution is 0.148. The zero-order chi connectivity index (χ0) is 18.1. The number of nitrogens with zero attached hydrogens (tertiary/aromatic N) is 2. The van der Waals surface area contributed by atoms with Gasteiger partial charge in [-0.2, -0.15) is 5.26 Å². The second-order valence-corrected chi connectivity index (χ2v) is 5.09. The highest BCUT2D eigenvalue weighted by atomic mass is 16.5. The molecule has 0 aliphatic heterocycles. The average Bonchev–Trinajstić information content (AvgIpc) is 2.60. The van der Waals surface area contributed by atoms with Crippen LogP contribution < -0.4 is 16.0 Å².